The van der Waals surface area contributed by atoms with Crippen molar-refractivity contribution < 1.29 is 30.4 Å². The number of hydrogen-bond acceptors (Lipinski definition) is 3. The zero-order valence-corrected chi connectivity index (χ0v) is 11.8. The van der Waals surface area contributed by atoms with Crippen LogP contribution in [0, 0.1) is 5.41 Å². The molecule has 0 atom stereocenters. The molecule has 6 radical (unpaired) electrons. The molecule has 0 amide bonds. The average molecular weight is 274 g/mol. The van der Waals surface area contributed by atoms with E-state index in [1.54, 1.807) is 0 Å². The minimum Gasteiger partial charge on any atom is -0.281 e. The van der Waals surface area contributed by atoms with Gasteiger partial charge in [-0.3, -0.25) is 14.4 Å². The zero-order valence-electron chi connectivity index (χ0n) is 10.6. The molecule has 92 valence electrons. The van der Waals surface area contributed by atoms with Crippen molar-refractivity contribution in [1.29, 1.82) is 0 Å². The van der Waals surface area contributed by atoms with Crippen LogP contribution in [-0.4, -0.2) is 20.4 Å². The van der Waals surface area contributed by atoms with Gasteiger partial charge < -0.3 is 0 Å². The Morgan fingerprint density at radius 1 is 0.824 bits per heavy atom. The van der Waals surface area contributed by atoms with Crippen LogP contribution < -0.4 is 0 Å². The third-order valence-electron chi connectivity index (χ3n) is 2.94. The van der Waals surface area contributed by atoms with Crippen molar-refractivity contribution in [3.05, 3.63) is 21.2 Å². The molecule has 0 aromatic carbocycles. The van der Waals surface area contributed by atoms with Crippen LogP contribution in [0.5, 0.6) is 0 Å². The Balaban J connectivity index is -0.000000285. The van der Waals surface area contributed by atoms with Crippen molar-refractivity contribution in [3.8, 4) is 0 Å². The summed E-state index contributed by atoms with van der Waals surface area (Å²) in [4.78, 5) is 22.5. The van der Waals surface area contributed by atoms with Gasteiger partial charge in [0, 0.05) is 0 Å². The standard InChI is InChI=1S/C10H15.3CO.Mn/c1-7-6-10(4,5)9(3)8(7)2;3*1-2;/h1-5H3;;;;. The Morgan fingerprint density at radius 2 is 1.12 bits per heavy atom. The molecule has 0 spiro atoms. The number of allylic oxidation sites excluding steroid dienone is 4. The van der Waals surface area contributed by atoms with Crippen LogP contribution in [0.25, 0.3) is 0 Å². The SMILES string of the molecule is CC1=C(C)C(C)(C)[C]([Mn])=C1C.[C]=O.[C]=O.[C]=O. The van der Waals surface area contributed by atoms with Gasteiger partial charge in [-0.25, -0.2) is 0 Å². The van der Waals surface area contributed by atoms with E-state index in [9.17, 15) is 0 Å². The third-order valence-corrected chi connectivity index (χ3v) is 4.12. The van der Waals surface area contributed by atoms with E-state index in [4.69, 9.17) is 14.4 Å². The molecule has 4 heteroatoms. The van der Waals surface area contributed by atoms with E-state index in [0.717, 1.165) is 0 Å². The Labute approximate surface area is 112 Å². The predicted octanol–water partition coefficient (Wildman–Crippen LogP) is 1.99. The number of carbonyl (C=O) groups excluding carboxylic acids is 3. The Bertz CT molecular complexity index is 273. The molecule has 0 saturated carbocycles. The topological polar surface area (TPSA) is 51.2 Å². The summed E-state index contributed by atoms with van der Waals surface area (Å²) in [6.45, 7) is 24.6. The summed E-state index contributed by atoms with van der Waals surface area (Å²) in [6.07, 6.45) is 0. The first-order chi connectivity index (χ1) is 7.89. The van der Waals surface area contributed by atoms with E-state index < -0.39 is 0 Å². The fraction of sp³-hybridized carbons (Fsp3) is 0.462. The number of hydrogen-bond donors (Lipinski definition) is 0. The van der Waals surface area contributed by atoms with Crippen molar-refractivity contribution >= 4 is 20.4 Å². The molecule has 0 heterocycles. The first-order valence-corrected chi connectivity index (χ1v) is 5.14. The van der Waals surface area contributed by atoms with E-state index in [0.29, 0.717) is 0 Å². The van der Waals surface area contributed by atoms with Gasteiger partial charge in [0.2, 0.25) is 0 Å². The van der Waals surface area contributed by atoms with E-state index in [2.05, 4.69) is 71.0 Å². The molecule has 0 aromatic rings. The minimum absolute atomic E-state index is 0.230. The summed E-state index contributed by atoms with van der Waals surface area (Å²) < 4.78 is 1.35. The summed E-state index contributed by atoms with van der Waals surface area (Å²) in [5.74, 6) is 0. The van der Waals surface area contributed by atoms with Gasteiger partial charge in [0.15, 0.2) is 0 Å². The Kier molecular flexibility index (Phi) is 12.8. The zero-order chi connectivity index (χ0) is 14.8. The molecule has 0 bridgehead atoms. The van der Waals surface area contributed by atoms with Gasteiger partial charge in [0.1, 0.15) is 0 Å². The second-order valence-corrected chi connectivity index (χ2v) is 4.40. The first kappa shape index (κ1) is 21.3. The quantitative estimate of drug-likeness (QED) is 0.635. The van der Waals surface area contributed by atoms with Crippen molar-refractivity contribution in [2.75, 3.05) is 0 Å². The van der Waals surface area contributed by atoms with Gasteiger partial charge in [0.25, 0.3) is 20.4 Å². The minimum atomic E-state index is 0.230. The third kappa shape index (κ3) is 4.80. The van der Waals surface area contributed by atoms with Crippen LogP contribution in [0.3, 0.4) is 0 Å². The monoisotopic (exact) mass is 274 g/mol. The summed E-state index contributed by atoms with van der Waals surface area (Å²) >= 11 is 3.64. The van der Waals surface area contributed by atoms with Gasteiger partial charge in [-0.05, 0) is 0 Å². The summed E-state index contributed by atoms with van der Waals surface area (Å²) in [7, 11) is 0. The summed E-state index contributed by atoms with van der Waals surface area (Å²) in [5.41, 5.74) is 4.57. The van der Waals surface area contributed by atoms with E-state index in [1.165, 1.54) is 21.2 Å². The average Bonchev–Trinajstić information content (AvgIpc) is 2.52. The predicted molar refractivity (Wildman–Crippen MR) is 61.9 cm³/mol. The van der Waals surface area contributed by atoms with Gasteiger partial charge in [-0.15, -0.1) is 0 Å². The number of rotatable bonds is 0. The van der Waals surface area contributed by atoms with Crippen LogP contribution in [0.15, 0.2) is 21.2 Å². The van der Waals surface area contributed by atoms with Crippen LogP contribution in [0.2, 0.25) is 0 Å². The van der Waals surface area contributed by atoms with Gasteiger partial charge in [-0.1, -0.05) is 0 Å². The summed E-state index contributed by atoms with van der Waals surface area (Å²) in [5, 5.41) is 0. The van der Waals surface area contributed by atoms with Crippen LogP contribution in [0.1, 0.15) is 34.6 Å². The molecule has 0 saturated heterocycles. The van der Waals surface area contributed by atoms with Crippen molar-refractivity contribution in [2.24, 2.45) is 5.41 Å². The Morgan fingerprint density at radius 3 is 1.18 bits per heavy atom. The maximum atomic E-state index is 7.50. The smallest absolute Gasteiger partial charge is 0.281 e. The summed E-state index contributed by atoms with van der Waals surface area (Å²) in [6, 6.07) is 0. The molecule has 0 N–H and O–H groups in total. The van der Waals surface area contributed by atoms with Crippen molar-refractivity contribution in [2.45, 2.75) is 34.6 Å². The second kappa shape index (κ2) is 10.2. The van der Waals surface area contributed by atoms with Crippen molar-refractivity contribution in [3.63, 3.8) is 0 Å². The first-order valence-electron chi connectivity index (χ1n) is 4.55. The molecule has 0 fully saturated rings. The largest absolute Gasteiger partial charge is 0.281 e. The van der Waals surface area contributed by atoms with E-state index in [-0.39, 0.29) is 5.41 Å². The molecule has 1 rings (SSSR count). The van der Waals surface area contributed by atoms with Gasteiger partial charge >= 0.3 is 77.2 Å². The normalized spacial score (nSPS) is 15.9. The van der Waals surface area contributed by atoms with Crippen LogP contribution in [0.4, 0.5) is 0 Å². The van der Waals surface area contributed by atoms with Gasteiger partial charge in [-0.2, -0.15) is 0 Å². The second-order valence-electron chi connectivity index (χ2n) is 3.81. The molecular formula is C13H15MnO3. The van der Waals surface area contributed by atoms with E-state index in [1.807, 2.05) is 0 Å². The molecule has 17 heavy (non-hydrogen) atoms. The Hall–Kier alpha value is -0.991. The van der Waals surface area contributed by atoms with Gasteiger partial charge in [0.05, 0.1) is 0 Å². The maximum Gasteiger partial charge on any atom is 0.281 e. The van der Waals surface area contributed by atoms with Crippen LogP contribution >= 0.6 is 0 Å². The maximum absolute atomic E-state index is 7.50. The van der Waals surface area contributed by atoms with E-state index >= 15 is 0 Å². The fourth-order valence-corrected chi connectivity index (χ4v) is 1.99. The molecule has 3 nitrogen and oxygen atoms in total. The molecule has 0 unspecified atom stereocenters. The molecule has 1 aliphatic carbocycles. The molecule has 0 aromatic heterocycles. The van der Waals surface area contributed by atoms with Crippen LogP contribution in [-0.2, 0) is 30.4 Å². The molecule has 0 aliphatic heterocycles. The fourth-order valence-electron chi connectivity index (χ4n) is 1.55. The molecular weight excluding hydrogens is 259 g/mol. The molecule has 1 aliphatic rings. The van der Waals surface area contributed by atoms with Crippen molar-refractivity contribution in [1.82, 2.24) is 0 Å².